The van der Waals surface area contributed by atoms with Gasteiger partial charge in [-0.05, 0) is 30.3 Å². The minimum atomic E-state index is -1.27. The lowest BCUT2D eigenvalue weighted by Gasteiger charge is -2.33. The van der Waals surface area contributed by atoms with Crippen LogP contribution >= 0.6 is 11.6 Å². The number of benzene rings is 2. The van der Waals surface area contributed by atoms with Gasteiger partial charge < -0.3 is 38.7 Å². The van der Waals surface area contributed by atoms with Crippen molar-refractivity contribution in [2.24, 2.45) is 5.41 Å². The number of esters is 1. The lowest BCUT2D eigenvalue weighted by molar-refractivity contribution is -0.144. The SMILES string of the molecule is COc1cccc([C@H]2O[C@H](CC(=O)NCCc3occc3C(=O)O)C(=O)N(CC(C)(C)COC(C)=O)c3ccc(Cl)cc32)c1OC. The van der Waals surface area contributed by atoms with Crippen LogP contribution in [0.5, 0.6) is 11.5 Å². The number of carboxylic acids is 1. The highest BCUT2D eigenvalue weighted by Crippen LogP contribution is 2.45. The fourth-order valence-corrected chi connectivity index (χ4v) is 5.46. The number of halogens is 1. The predicted molar refractivity (Wildman–Crippen MR) is 167 cm³/mol. The standard InChI is InChI=1S/C33H37ClN2O10/c1-19(37)45-18-33(2,3)17-36-24-10-9-20(34)15-23(24)29(22-7-6-8-26(42-4)30(22)43-5)46-27(31(36)39)16-28(38)35-13-11-25-21(32(40)41)12-14-44-25/h6-10,12,14-15,27,29H,11,13,16-18H2,1-5H3,(H,35,38)(H,40,41)/t27-,29-/m1/s1. The molecule has 2 N–H and O–H groups in total. The average molecular weight is 657 g/mol. The molecule has 4 rings (SSSR count). The van der Waals surface area contributed by atoms with Gasteiger partial charge in [0.2, 0.25) is 5.91 Å². The van der Waals surface area contributed by atoms with Crippen molar-refractivity contribution in [2.75, 3.05) is 38.8 Å². The lowest BCUT2D eigenvalue weighted by Crippen LogP contribution is -2.47. The predicted octanol–water partition coefficient (Wildman–Crippen LogP) is 4.81. The van der Waals surface area contributed by atoms with E-state index in [9.17, 15) is 24.3 Å². The second kappa shape index (κ2) is 14.7. The minimum Gasteiger partial charge on any atom is -0.493 e. The zero-order valence-corrected chi connectivity index (χ0v) is 27.0. The first-order valence-corrected chi connectivity index (χ1v) is 14.9. The number of nitrogens with one attached hydrogen (secondary N) is 1. The number of amides is 2. The van der Waals surface area contributed by atoms with E-state index in [0.29, 0.717) is 33.3 Å². The molecule has 0 unspecified atom stereocenters. The molecule has 246 valence electrons. The number of methoxy groups -OCH3 is 2. The summed E-state index contributed by atoms with van der Waals surface area (Å²) in [7, 11) is 3.00. The highest BCUT2D eigenvalue weighted by molar-refractivity contribution is 6.30. The maximum Gasteiger partial charge on any atom is 0.339 e. The van der Waals surface area contributed by atoms with E-state index in [1.807, 2.05) is 13.8 Å². The number of rotatable bonds is 13. The number of hydrogen-bond acceptors (Lipinski definition) is 9. The first-order chi connectivity index (χ1) is 21.8. The third kappa shape index (κ3) is 7.99. The Kier molecular flexibility index (Phi) is 11.0. The van der Waals surface area contributed by atoms with Crippen LogP contribution in [0.4, 0.5) is 5.69 Å². The van der Waals surface area contributed by atoms with E-state index in [2.05, 4.69) is 5.32 Å². The molecule has 0 saturated heterocycles. The van der Waals surface area contributed by atoms with Crippen LogP contribution in [-0.2, 0) is 30.3 Å². The van der Waals surface area contributed by atoms with Crippen molar-refractivity contribution in [1.82, 2.24) is 5.32 Å². The van der Waals surface area contributed by atoms with E-state index >= 15 is 0 Å². The summed E-state index contributed by atoms with van der Waals surface area (Å²) < 4.78 is 28.3. The van der Waals surface area contributed by atoms with E-state index in [1.165, 1.54) is 38.4 Å². The van der Waals surface area contributed by atoms with Gasteiger partial charge in [-0.15, -0.1) is 0 Å². The summed E-state index contributed by atoms with van der Waals surface area (Å²) in [6, 6.07) is 11.7. The van der Waals surface area contributed by atoms with Crippen LogP contribution in [0.25, 0.3) is 0 Å². The number of aromatic carboxylic acids is 1. The normalized spacial score (nSPS) is 16.3. The Hall–Kier alpha value is -4.55. The molecule has 0 bridgehead atoms. The van der Waals surface area contributed by atoms with Crippen LogP contribution in [0.2, 0.25) is 5.02 Å². The molecule has 2 heterocycles. The Bertz CT molecular complexity index is 1600. The molecule has 0 spiro atoms. The highest BCUT2D eigenvalue weighted by Gasteiger charge is 2.41. The van der Waals surface area contributed by atoms with E-state index in [-0.39, 0.29) is 43.9 Å². The summed E-state index contributed by atoms with van der Waals surface area (Å²) in [5, 5.41) is 12.5. The third-order valence-corrected chi connectivity index (χ3v) is 7.63. The Morgan fingerprint density at radius 1 is 1.09 bits per heavy atom. The van der Waals surface area contributed by atoms with E-state index < -0.39 is 41.4 Å². The molecule has 0 saturated carbocycles. The minimum absolute atomic E-state index is 0.00930. The van der Waals surface area contributed by atoms with E-state index in [1.54, 1.807) is 36.4 Å². The molecule has 0 fully saturated rings. The molecular weight excluding hydrogens is 620 g/mol. The summed E-state index contributed by atoms with van der Waals surface area (Å²) >= 11 is 6.49. The topological polar surface area (TPSA) is 154 Å². The summed E-state index contributed by atoms with van der Waals surface area (Å²) in [4.78, 5) is 52.1. The Labute approximate surface area is 271 Å². The van der Waals surface area contributed by atoms with Crippen molar-refractivity contribution in [1.29, 1.82) is 0 Å². The quantitative estimate of drug-likeness (QED) is 0.245. The second-order valence-corrected chi connectivity index (χ2v) is 12.0. The van der Waals surface area contributed by atoms with Gasteiger partial charge in [0.25, 0.3) is 5.91 Å². The number of hydrogen-bond donors (Lipinski definition) is 2. The lowest BCUT2D eigenvalue weighted by atomic mass is 9.92. The number of carbonyl (C=O) groups excluding carboxylic acids is 3. The number of carboxylic acid groups (broad SMARTS) is 1. The Balaban J connectivity index is 1.71. The first kappa shape index (κ1) is 34.3. The fourth-order valence-electron chi connectivity index (χ4n) is 5.28. The van der Waals surface area contributed by atoms with Crippen molar-refractivity contribution in [3.63, 3.8) is 0 Å². The molecule has 13 heteroatoms. The zero-order valence-electron chi connectivity index (χ0n) is 26.3. The van der Waals surface area contributed by atoms with Crippen LogP contribution in [0, 0.1) is 5.41 Å². The van der Waals surface area contributed by atoms with Gasteiger partial charge in [0.05, 0.1) is 33.5 Å². The van der Waals surface area contributed by atoms with Gasteiger partial charge >= 0.3 is 11.9 Å². The van der Waals surface area contributed by atoms with Crippen LogP contribution in [-0.4, -0.2) is 68.9 Å². The molecule has 3 aromatic rings. The highest BCUT2D eigenvalue weighted by atomic mass is 35.5. The number of furan rings is 1. The zero-order chi connectivity index (χ0) is 33.6. The van der Waals surface area contributed by atoms with Crippen molar-refractivity contribution >= 4 is 41.0 Å². The van der Waals surface area contributed by atoms with Gasteiger partial charge in [0, 0.05) is 53.7 Å². The number of ether oxygens (including phenoxy) is 4. The van der Waals surface area contributed by atoms with Gasteiger partial charge in [-0.25, -0.2) is 4.79 Å². The van der Waals surface area contributed by atoms with Crippen LogP contribution in [0.3, 0.4) is 0 Å². The molecule has 2 amide bonds. The van der Waals surface area contributed by atoms with Crippen molar-refractivity contribution in [3.05, 3.63) is 76.2 Å². The molecule has 0 aliphatic carbocycles. The maximum atomic E-state index is 14.3. The molecule has 2 aromatic carbocycles. The number of nitrogens with zero attached hydrogens (tertiary/aromatic N) is 1. The number of para-hydroxylation sites is 1. The number of carbonyl (C=O) groups is 4. The monoisotopic (exact) mass is 656 g/mol. The molecule has 2 atom stereocenters. The van der Waals surface area contributed by atoms with Gasteiger partial charge in [0.1, 0.15) is 23.5 Å². The van der Waals surface area contributed by atoms with Crippen molar-refractivity contribution in [3.8, 4) is 11.5 Å². The molecule has 0 radical (unpaired) electrons. The van der Waals surface area contributed by atoms with E-state index in [0.717, 1.165) is 0 Å². The first-order valence-electron chi connectivity index (χ1n) is 14.5. The summed E-state index contributed by atoms with van der Waals surface area (Å²) in [6.07, 6.45) is -1.14. The molecule has 46 heavy (non-hydrogen) atoms. The molecular formula is C33H37ClN2O10. The Morgan fingerprint density at radius 3 is 2.52 bits per heavy atom. The smallest absolute Gasteiger partial charge is 0.339 e. The second-order valence-electron chi connectivity index (χ2n) is 11.5. The number of anilines is 1. The third-order valence-electron chi connectivity index (χ3n) is 7.39. The average Bonchev–Trinajstić information content (AvgIpc) is 3.46. The summed E-state index contributed by atoms with van der Waals surface area (Å²) in [6.45, 7) is 5.25. The van der Waals surface area contributed by atoms with Crippen LogP contribution in [0.1, 0.15) is 60.5 Å². The van der Waals surface area contributed by atoms with Crippen LogP contribution in [0.15, 0.2) is 53.1 Å². The Morgan fingerprint density at radius 2 is 1.85 bits per heavy atom. The molecule has 12 nitrogen and oxygen atoms in total. The van der Waals surface area contributed by atoms with Crippen molar-refractivity contribution < 1.29 is 47.6 Å². The van der Waals surface area contributed by atoms with Crippen LogP contribution < -0.4 is 19.7 Å². The molecule has 1 aliphatic rings. The van der Waals surface area contributed by atoms with Crippen molar-refractivity contribution in [2.45, 2.75) is 45.8 Å². The largest absolute Gasteiger partial charge is 0.493 e. The van der Waals surface area contributed by atoms with Gasteiger partial charge in [-0.2, -0.15) is 0 Å². The van der Waals surface area contributed by atoms with Gasteiger partial charge in [0.15, 0.2) is 11.5 Å². The maximum absolute atomic E-state index is 14.3. The molecule has 1 aliphatic heterocycles. The summed E-state index contributed by atoms with van der Waals surface area (Å²) in [5.74, 6) is -1.53. The van der Waals surface area contributed by atoms with Gasteiger partial charge in [-0.3, -0.25) is 14.4 Å². The number of fused-ring (bicyclic) bond motifs is 1. The fraction of sp³-hybridized carbons (Fsp3) is 0.394. The molecule has 1 aromatic heterocycles. The summed E-state index contributed by atoms with van der Waals surface area (Å²) in [5.41, 5.74) is 0.919. The van der Waals surface area contributed by atoms with E-state index in [4.69, 9.17) is 35.0 Å². The van der Waals surface area contributed by atoms with Gasteiger partial charge in [-0.1, -0.05) is 37.6 Å².